The van der Waals surface area contributed by atoms with Gasteiger partial charge >= 0.3 is 5.97 Å². The fourth-order valence-electron chi connectivity index (χ4n) is 2.12. The number of furan rings is 1. The van der Waals surface area contributed by atoms with Crippen LogP contribution in [0.4, 0.5) is 11.8 Å². The zero-order chi connectivity index (χ0) is 19.4. The van der Waals surface area contributed by atoms with Crippen molar-refractivity contribution in [1.29, 1.82) is 5.26 Å². The Kier molecular flexibility index (Phi) is 5.89. The van der Waals surface area contributed by atoms with Crippen molar-refractivity contribution in [3.8, 4) is 6.07 Å². The Hall–Kier alpha value is -3.00. The number of nitrogens with zero attached hydrogens (tertiary/aromatic N) is 4. The lowest BCUT2D eigenvalue weighted by Crippen LogP contribution is -2.25. The minimum absolute atomic E-state index is 0.00186. The number of nitrogen functional groups attached to an aromatic ring is 1. The molecule has 2 aromatic heterocycles. The first-order chi connectivity index (χ1) is 12.3. The number of aromatic nitrogens is 3. The van der Waals surface area contributed by atoms with Crippen molar-refractivity contribution in [3.05, 3.63) is 16.9 Å². The van der Waals surface area contributed by atoms with E-state index in [0.29, 0.717) is 16.5 Å². The van der Waals surface area contributed by atoms with E-state index in [-0.39, 0.29) is 23.1 Å². The van der Waals surface area contributed by atoms with Crippen molar-refractivity contribution in [3.63, 3.8) is 0 Å². The Bertz CT molecular complexity index is 882. The molecule has 2 rings (SSSR count). The number of nitriles is 1. The maximum atomic E-state index is 12.6. The molecule has 1 atom stereocenters. The summed E-state index contributed by atoms with van der Waals surface area (Å²) in [5, 5.41) is 19.7. The molecule has 0 aliphatic rings. The average Bonchev–Trinajstić information content (AvgIpc) is 3.11. The van der Waals surface area contributed by atoms with Crippen LogP contribution < -0.4 is 11.1 Å². The second kappa shape index (κ2) is 7.92. The van der Waals surface area contributed by atoms with Gasteiger partial charge in [0.1, 0.15) is 23.4 Å². The van der Waals surface area contributed by atoms with Crippen LogP contribution in [0.2, 0.25) is 0 Å². The van der Waals surface area contributed by atoms with E-state index in [2.05, 4.69) is 20.3 Å². The summed E-state index contributed by atoms with van der Waals surface area (Å²) < 4.78 is 11.4. The number of thioether (sulfide) groups is 1. The van der Waals surface area contributed by atoms with E-state index in [0.717, 1.165) is 11.8 Å². The predicted molar refractivity (Wildman–Crippen MR) is 93.4 cm³/mol. The molecule has 1 unspecified atom stereocenters. The Morgan fingerprint density at radius 3 is 2.77 bits per heavy atom. The number of esters is 1. The number of carbonyl (C=O) groups is 2. The molecule has 0 saturated carbocycles. The Morgan fingerprint density at radius 2 is 2.15 bits per heavy atom. The molecular formula is C15H18N6O4S. The van der Waals surface area contributed by atoms with Gasteiger partial charge in [-0.25, -0.2) is 0 Å². The van der Waals surface area contributed by atoms with Crippen molar-refractivity contribution in [2.24, 2.45) is 0 Å². The maximum absolute atomic E-state index is 12.6. The topological polar surface area (TPSA) is 149 Å². The van der Waals surface area contributed by atoms with Gasteiger partial charge in [0.15, 0.2) is 5.16 Å². The molecule has 0 aromatic carbocycles. The normalized spacial score (nSPS) is 11.7. The highest BCUT2D eigenvalue weighted by atomic mass is 32.2. The molecule has 11 heteroatoms. The molecule has 0 bridgehead atoms. The van der Waals surface area contributed by atoms with Crippen LogP contribution in [0.25, 0.3) is 0 Å². The first-order valence-corrected chi connectivity index (χ1v) is 8.49. The fourth-order valence-corrected chi connectivity index (χ4v) is 2.97. The van der Waals surface area contributed by atoms with Gasteiger partial charge in [-0.2, -0.15) is 5.26 Å². The average molecular weight is 378 g/mol. The summed E-state index contributed by atoms with van der Waals surface area (Å²) in [6.07, 6.45) is 0. The first kappa shape index (κ1) is 19.3. The van der Waals surface area contributed by atoms with Gasteiger partial charge in [0.25, 0.3) is 0 Å². The molecule has 0 saturated heterocycles. The van der Waals surface area contributed by atoms with Crippen molar-refractivity contribution in [2.45, 2.75) is 32.0 Å². The van der Waals surface area contributed by atoms with Gasteiger partial charge in [0, 0.05) is 5.56 Å². The van der Waals surface area contributed by atoms with E-state index < -0.39 is 17.9 Å². The lowest BCUT2D eigenvalue weighted by molar-refractivity contribution is -0.137. The summed E-state index contributed by atoms with van der Waals surface area (Å²) in [4.78, 5) is 23.9. The quantitative estimate of drug-likeness (QED) is 0.561. The summed E-state index contributed by atoms with van der Waals surface area (Å²) in [5.74, 6) is -0.273. The van der Waals surface area contributed by atoms with E-state index in [4.69, 9.17) is 10.2 Å². The monoisotopic (exact) mass is 378 g/mol. The molecule has 0 spiro atoms. The van der Waals surface area contributed by atoms with E-state index in [1.807, 2.05) is 6.07 Å². The van der Waals surface area contributed by atoms with Gasteiger partial charge < -0.3 is 14.9 Å². The van der Waals surface area contributed by atoms with E-state index in [1.54, 1.807) is 20.8 Å². The highest BCUT2D eigenvalue weighted by Gasteiger charge is 2.25. The van der Waals surface area contributed by atoms with Gasteiger partial charge in [-0.3, -0.25) is 19.5 Å². The molecule has 138 valence electrons. The van der Waals surface area contributed by atoms with Gasteiger partial charge in [-0.1, -0.05) is 11.8 Å². The van der Waals surface area contributed by atoms with Gasteiger partial charge in [0.05, 0.1) is 12.9 Å². The maximum Gasteiger partial charge on any atom is 0.316 e. The largest absolute Gasteiger partial charge is 0.468 e. The summed E-state index contributed by atoms with van der Waals surface area (Å²) in [6.45, 7) is 5.02. The number of carbonyl (C=O) groups excluding carboxylic acids is 2. The summed E-state index contributed by atoms with van der Waals surface area (Å²) >= 11 is 1.05. The molecule has 2 aromatic rings. The molecule has 2 heterocycles. The number of nitrogens with one attached hydrogen (secondary N) is 1. The number of methoxy groups -OCH3 is 1. The molecule has 0 aliphatic heterocycles. The highest BCUT2D eigenvalue weighted by Crippen LogP contribution is 2.28. The third kappa shape index (κ3) is 3.80. The molecule has 3 N–H and O–H groups in total. The number of ether oxygens (including phenoxy) is 1. The van der Waals surface area contributed by atoms with Gasteiger partial charge in [-0.15, -0.1) is 10.2 Å². The number of rotatable bonds is 6. The number of amides is 1. The number of hydrogen-bond acceptors (Lipinski definition) is 9. The number of aryl methyl sites for hydroxylation is 1. The van der Waals surface area contributed by atoms with Crippen LogP contribution in [0, 0.1) is 25.2 Å². The Balaban J connectivity index is 2.21. The van der Waals surface area contributed by atoms with Crippen molar-refractivity contribution >= 4 is 35.5 Å². The molecule has 0 aliphatic carbocycles. The van der Waals surface area contributed by atoms with E-state index in [9.17, 15) is 14.9 Å². The lowest BCUT2D eigenvalue weighted by Gasteiger charge is -2.15. The second-order valence-corrected chi connectivity index (χ2v) is 6.28. The Morgan fingerprint density at radius 1 is 1.46 bits per heavy atom. The van der Waals surface area contributed by atoms with Crippen LogP contribution in [0.1, 0.15) is 29.9 Å². The van der Waals surface area contributed by atoms with Crippen LogP contribution in [0.15, 0.2) is 9.57 Å². The predicted octanol–water partition coefficient (Wildman–Crippen LogP) is 1.41. The van der Waals surface area contributed by atoms with Gasteiger partial charge in [0.2, 0.25) is 17.7 Å². The highest BCUT2D eigenvalue weighted by molar-refractivity contribution is 7.99. The standard InChI is InChI=1S/C15H18N6O4S/c1-7-9(3)25-13(10(7)5-16)18-12(23)8(2)21-14(17)19-20-15(21)26-6-11(22)24-4/h8H,6H2,1-4H3,(H2,17,19)(H,18,23). The lowest BCUT2D eigenvalue weighted by atomic mass is 10.2. The SMILES string of the molecule is COC(=O)CSc1nnc(N)n1C(C)C(=O)Nc1oc(C)c(C)c1C#N. The minimum atomic E-state index is -0.803. The number of anilines is 2. The third-order valence-corrected chi connectivity index (χ3v) is 4.65. The summed E-state index contributed by atoms with van der Waals surface area (Å²) in [7, 11) is 1.28. The van der Waals surface area contributed by atoms with Crippen LogP contribution in [0.5, 0.6) is 0 Å². The smallest absolute Gasteiger partial charge is 0.316 e. The van der Waals surface area contributed by atoms with Crippen LogP contribution in [0.3, 0.4) is 0 Å². The molecule has 10 nitrogen and oxygen atoms in total. The van der Waals surface area contributed by atoms with Crippen molar-refractivity contribution in [1.82, 2.24) is 14.8 Å². The fraction of sp³-hybridized carbons (Fsp3) is 0.400. The van der Waals surface area contributed by atoms with Crippen molar-refractivity contribution in [2.75, 3.05) is 23.9 Å². The second-order valence-electron chi connectivity index (χ2n) is 5.34. The van der Waals surface area contributed by atoms with Crippen LogP contribution >= 0.6 is 11.8 Å². The molecule has 26 heavy (non-hydrogen) atoms. The molecule has 0 radical (unpaired) electrons. The van der Waals surface area contributed by atoms with Gasteiger partial charge in [-0.05, 0) is 20.8 Å². The minimum Gasteiger partial charge on any atom is -0.468 e. The van der Waals surface area contributed by atoms with Crippen LogP contribution in [-0.4, -0.2) is 39.5 Å². The molecule has 1 amide bonds. The Labute approximate surface area is 153 Å². The van der Waals surface area contributed by atoms with E-state index in [1.165, 1.54) is 11.7 Å². The number of nitrogens with two attached hydrogens (primary N) is 1. The zero-order valence-electron chi connectivity index (χ0n) is 14.7. The third-order valence-electron chi connectivity index (χ3n) is 3.74. The zero-order valence-corrected chi connectivity index (χ0v) is 15.5. The summed E-state index contributed by atoms with van der Waals surface area (Å²) in [6, 6.07) is 1.20. The number of hydrogen-bond donors (Lipinski definition) is 2. The molecular weight excluding hydrogens is 360 g/mol. The molecule has 0 fully saturated rings. The van der Waals surface area contributed by atoms with E-state index >= 15 is 0 Å². The summed E-state index contributed by atoms with van der Waals surface area (Å²) in [5.41, 5.74) is 6.73. The van der Waals surface area contributed by atoms with Crippen molar-refractivity contribution < 1.29 is 18.7 Å². The van der Waals surface area contributed by atoms with Crippen LogP contribution in [-0.2, 0) is 14.3 Å². The first-order valence-electron chi connectivity index (χ1n) is 7.51.